The van der Waals surface area contributed by atoms with Gasteiger partial charge in [0.15, 0.2) is 0 Å². The first-order valence-corrected chi connectivity index (χ1v) is 8.56. The maximum absolute atomic E-state index is 12.0. The van der Waals surface area contributed by atoms with Crippen molar-refractivity contribution in [2.75, 3.05) is 5.32 Å². The van der Waals surface area contributed by atoms with Crippen molar-refractivity contribution in [3.8, 4) is 0 Å². The standard InChI is InChI=1S/C18H19N3O3S/c1-12(2)17(23)19-14-7-5-13(6-8-14)18(24)21-20-16(22)10-9-15-4-3-11-25-15/h3-12H,1-2H3,(H,19,23)(H,20,22)(H,21,24). The van der Waals surface area contributed by atoms with Gasteiger partial charge in [-0.05, 0) is 41.8 Å². The van der Waals surface area contributed by atoms with E-state index in [2.05, 4.69) is 16.2 Å². The van der Waals surface area contributed by atoms with Gasteiger partial charge in [0.25, 0.3) is 11.8 Å². The molecule has 6 nitrogen and oxygen atoms in total. The molecule has 0 aliphatic heterocycles. The highest BCUT2D eigenvalue weighted by molar-refractivity contribution is 7.10. The third kappa shape index (κ3) is 5.89. The molecule has 7 heteroatoms. The van der Waals surface area contributed by atoms with E-state index in [0.717, 1.165) is 4.88 Å². The number of anilines is 1. The van der Waals surface area contributed by atoms with Gasteiger partial charge in [-0.3, -0.25) is 25.2 Å². The van der Waals surface area contributed by atoms with Crippen molar-refractivity contribution in [1.82, 2.24) is 10.9 Å². The highest BCUT2D eigenvalue weighted by atomic mass is 32.1. The van der Waals surface area contributed by atoms with Gasteiger partial charge in [0.05, 0.1) is 0 Å². The molecule has 0 atom stereocenters. The molecule has 0 aliphatic rings. The summed E-state index contributed by atoms with van der Waals surface area (Å²) in [5, 5.41) is 4.65. The van der Waals surface area contributed by atoms with Gasteiger partial charge in [0.1, 0.15) is 0 Å². The molecule has 1 aromatic carbocycles. The smallest absolute Gasteiger partial charge is 0.269 e. The Bertz CT molecular complexity index is 765. The van der Waals surface area contributed by atoms with Gasteiger partial charge in [-0.15, -0.1) is 11.3 Å². The van der Waals surface area contributed by atoms with Crippen molar-refractivity contribution in [2.45, 2.75) is 13.8 Å². The van der Waals surface area contributed by atoms with Crippen LogP contribution in [0.3, 0.4) is 0 Å². The highest BCUT2D eigenvalue weighted by Gasteiger charge is 2.09. The Kier molecular flexibility index (Phi) is 6.47. The van der Waals surface area contributed by atoms with E-state index in [0.29, 0.717) is 11.3 Å². The fraction of sp³-hybridized carbons (Fsp3) is 0.167. The summed E-state index contributed by atoms with van der Waals surface area (Å²) in [4.78, 5) is 36.2. The van der Waals surface area contributed by atoms with Gasteiger partial charge in [0.2, 0.25) is 5.91 Å². The second kappa shape index (κ2) is 8.79. The average molecular weight is 357 g/mol. The summed E-state index contributed by atoms with van der Waals surface area (Å²) < 4.78 is 0. The molecule has 0 unspecified atom stereocenters. The highest BCUT2D eigenvalue weighted by Crippen LogP contribution is 2.11. The quantitative estimate of drug-likeness (QED) is 0.568. The molecular formula is C18H19N3O3S. The molecule has 3 N–H and O–H groups in total. The Morgan fingerprint density at radius 1 is 1.04 bits per heavy atom. The molecule has 0 bridgehead atoms. The summed E-state index contributed by atoms with van der Waals surface area (Å²) in [5.74, 6) is -1.09. The van der Waals surface area contributed by atoms with Crippen molar-refractivity contribution in [2.24, 2.45) is 5.92 Å². The van der Waals surface area contributed by atoms with Gasteiger partial charge in [-0.2, -0.15) is 0 Å². The van der Waals surface area contributed by atoms with Gasteiger partial charge in [-0.25, -0.2) is 0 Å². The molecule has 0 aliphatic carbocycles. The van der Waals surface area contributed by atoms with Gasteiger partial charge >= 0.3 is 0 Å². The molecule has 2 rings (SSSR count). The number of rotatable bonds is 5. The van der Waals surface area contributed by atoms with Crippen molar-refractivity contribution < 1.29 is 14.4 Å². The normalized spacial score (nSPS) is 10.7. The molecule has 3 amide bonds. The summed E-state index contributed by atoms with van der Waals surface area (Å²) in [6, 6.07) is 10.2. The largest absolute Gasteiger partial charge is 0.326 e. The molecule has 0 fully saturated rings. The molecular weight excluding hydrogens is 338 g/mol. The maximum atomic E-state index is 12.0. The van der Waals surface area contributed by atoms with E-state index in [9.17, 15) is 14.4 Å². The Labute approximate surface area is 149 Å². The second-order valence-corrected chi connectivity index (χ2v) is 6.49. The topological polar surface area (TPSA) is 87.3 Å². The van der Waals surface area contributed by atoms with Crippen LogP contribution in [0.1, 0.15) is 29.1 Å². The Morgan fingerprint density at radius 3 is 2.36 bits per heavy atom. The Morgan fingerprint density at radius 2 is 1.76 bits per heavy atom. The van der Waals surface area contributed by atoms with Crippen molar-refractivity contribution >= 4 is 40.8 Å². The minimum atomic E-state index is -0.445. The van der Waals surface area contributed by atoms with Crippen LogP contribution < -0.4 is 16.2 Å². The summed E-state index contributed by atoms with van der Waals surface area (Å²) in [5.41, 5.74) is 5.62. The minimum Gasteiger partial charge on any atom is -0.326 e. The van der Waals surface area contributed by atoms with Crippen LogP contribution >= 0.6 is 11.3 Å². The third-order valence-electron chi connectivity index (χ3n) is 3.18. The van der Waals surface area contributed by atoms with E-state index < -0.39 is 11.8 Å². The van der Waals surface area contributed by atoms with Crippen LogP contribution in [0.15, 0.2) is 47.9 Å². The lowest BCUT2D eigenvalue weighted by Gasteiger charge is -2.09. The number of amides is 3. The van der Waals surface area contributed by atoms with Gasteiger partial charge in [0, 0.05) is 28.1 Å². The molecule has 1 heterocycles. The SMILES string of the molecule is CC(C)C(=O)Nc1ccc(C(=O)NNC(=O)C=Cc2cccs2)cc1. The van der Waals surface area contributed by atoms with Crippen LogP contribution in [0.2, 0.25) is 0 Å². The molecule has 0 saturated carbocycles. The predicted molar refractivity (Wildman–Crippen MR) is 98.9 cm³/mol. The molecule has 130 valence electrons. The summed E-state index contributed by atoms with van der Waals surface area (Å²) in [6.45, 7) is 3.60. The molecule has 0 saturated heterocycles. The van der Waals surface area contributed by atoms with Gasteiger partial charge in [-0.1, -0.05) is 19.9 Å². The number of thiophene rings is 1. The average Bonchev–Trinajstić information content (AvgIpc) is 3.12. The van der Waals surface area contributed by atoms with Crippen LogP contribution in [0.5, 0.6) is 0 Å². The Hall–Kier alpha value is -2.93. The lowest BCUT2D eigenvalue weighted by atomic mass is 10.1. The fourth-order valence-electron chi connectivity index (χ4n) is 1.77. The van der Waals surface area contributed by atoms with E-state index in [1.807, 2.05) is 17.5 Å². The van der Waals surface area contributed by atoms with E-state index in [1.165, 1.54) is 17.4 Å². The maximum Gasteiger partial charge on any atom is 0.269 e. The number of benzene rings is 1. The van der Waals surface area contributed by atoms with E-state index in [1.54, 1.807) is 44.2 Å². The zero-order chi connectivity index (χ0) is 18.2. The second-order valence-electron chi connectivity index (χ2n) is 5.51. The molecule has 25 heavy (non-hydrogen) atoms. The first-order valence-electron chi connectivity index (χ1n) is 7.68. The molecule has 1 aromatic heterocycles. The summed E-state index contributed by atoms with van der Waals surface area (Å²) in [7, 11) is 0. The number of hydrogen-bond donors (Lipinski definition) is 3. The summed E-state index contributed by atoms with van der Waals surface area (Å²) in [6.07, 6.45) is 3.01. The van der Waals surface area contributed by atoms with E-state index in [-0.39, 0.29) is 11.8 Å². The van der Waals surface area contributed by atoms with Crippen LogP contribution in [0, 0.1) is 5.92 Å². The first-order chi connectivity index (χ1) is 12.0. The zero-order valence-corrected chi connectivity index (χ0v) is 14.7. The Balaban J connectivity index is 1.84. The minimum absolute atomic E-state index is 0.0954. The summed E-state index contributed by atoms with van der Waals surface area (Å²) >= 11 is 1.51. The number of carbonyl (C=O) groups excluding carboxylic acids is 3. The van der Waals surface area contributed by atoms with Crippen molar-refractivity contribution in [3.05, 3.63) is 58.3 Å². The van der Waals surface area contributed by atoms with E-state index >= 15 is 0 Å². The zero-order valence-electron chi connectivity index (χ0n) is 13.9. The number of hydrazine groups is 1. The monoisotopic (exact) mass is 357 g/mol. The number of hydrogen-bond acceptors (Lipinski definition) is 4. The van der Waals surface area contributed by atoms with Crippen LogP contribution in [0.25, 0.3) is 6.08 Å². The van der Waals surface area contributed by atoms with Crippen LogP contribution in [0.4, 0.5) is 5.69 Å². The lowest BCUT2D eigenvalue weighted by Crippen LogP contribution is -2.40. The number of nitrogens with one attached hydrogen (secondary N) is 3. The lowest BCUT2D eigenvalue weighted by molar-refractivity contribution is -0.119. The predicted octanol–water partition coefficient (Wildman–Crippen LogP) is 2.82. The van der Waals surface area contributed by atoms with Gasteiger partial charge < -0.3 is 5.32 Å². The fourth-order valence-corrected chi connectivity index (χ4v) is 2.39. The van der Waals surface area contributed by atoms with Crippen LogP contribution in [-0.2, 0) is 9.59 Å². The first kappa shape index (κ1) is 18.4. The van der Waals surface area contributed by atoms with Crippen LogP contribution in [-0.4, -0.2) is 17.7 Å². The third-order valence-corrected chi connectivity index (χ3v) is 4.02. The molecule has 0 radical (unpaired) electrons. The molecule has 0 spiro atoms. The van der Waals surface area contributed by atoms with Crippen molar-refractivity contribution in [1.29, 1.82) is 0 Å². The molecule has 2 aromatic rings. The van der Waals surface area contributed by atoms with E-state index in [4.69, 9.17) is 0 Å². The van der Waals surface area contributed by atoms with Crippen molar-refractivity contribution in [3.63, 3.8) is 0 Å². The number of carbonyl (C=O) groups is 3.